The molecule has 2 N–H and O–H groups in total. The van der Waals surface area contributed by atoms with Crippen LogP contribution in [0.15, 0.2) is 41.6 Å². The summed E-state index contributed by atoms with van der Waals surface area (Å²) in [6, 6.07) is 8.65. The number of nitrogens with two attached hydrogens (primary N) is 1. The lowest BCUT2D eigenvalue weighted by Gasteiger charge is -2.11. The number of nitrogens with zero attached hydrogens (tertiary/aromatic N) is 2. The molecule has 0 saturated heterocycles. The van der Waals surface area contributed by atoms with Crippen LogP contribution in [0.5, 0.6) is 0 Å². The molecule has 0 saturated carbocycles. The highest BCUT2D eigenvalue weighted by Gasteiger charge is 2.07. The zero-order chi connectivity index (χ0) is 13.0. The van der Waals surface area contributed by atoms with E-state index in [1.54, 1.807) is 11.8 Å². The number of rotatable bonds is 5. The molecule has 0 aliphatic heterocycles. The second-order valence-electron chi connectivity index (χ2n) is 4.36. The van der Waals surface area contributed by atoms with Gasteiger partial charge in [-0.15, -0.1) is 11.8 Å². The number of thioether (sulfide) groups is 1. The van der Waals surface area contributed by atoms with Gasteiger partial charge in [0.05, 0.1) is 6.20 Å². The van der Waals surface area contributed by atoms with Gasteiger partial charge in [0.2, 0.25) is 0 Å². The third-order valence-electron chi connectivity index (χ3n) is 2.93. The Balaban J connectivity index is 1.92. The SMILES string of the molecule is CCc1ccc(C(N)CSc2cnn(C)c2)cc1. The van der Waals surface area contributed by atoms with Crippen molar-refractivity contribution >= 4 is 11.8 Å². The number of hydrogen-bond donors (Lipinski definition) is 1. The van der Waals surface area contributed by atoms with Crippen molar-refractivity contribution in [2.75, 3.05) is 5.75 Å². The van der Waals surface area contributed by atoms with Gasteiger partial charge in [-0.3, -0.25) is 4.68 Å². The van der Waals surface area contributed by atoms with Crippen LogP contribution in [0, 0.1) is 0 Å². The molecular formula is C14H19N3S. The van der Waals surface area contributed by atoms with E-state index >= 15 is 0 Å². The predicted molar refractivity (Wildman–Crippen MR) is 76.7 cm³/mol. The first-order chi connectivity index (χ1) is 8.69. The normalized spacial score (nSPS) is 12.6. The Morgan fingerprint density at radius 1 is 1.33 bits per heavy atom. The van der Waals surface area contributed by atoms with Gasteiger partial charge in [-0.25, -0.2) is 0 Å². The van der Waals surface area contributed by atoms with Crippen LogP contribution in [0.3, 0.4) is 0 Å². The minimum Gasteiger partial charge on any atom is -0.323 e. The third kappa shape index (κ3) is 3.37. The van der Waals surface area contributed by atoms with Crippen molar-refractivity contribution in [3.05, 3.63) is 47.8 Å². The van der Waals surface area contributed by atoms with Crippen molar-refractivity contribution in [3.8, 4) is 0 Å². The van der Waals surface area contributed by atoms with Gasteiger partial charge < -0.3 is 5.73 Å². The molecule has 0 radical (unpaired) electrons. The molecule has 0 bridgehead atoms. The van der Waals surface area contributed by atoms with Crippen LogP contribution in [0.2, 0.25) is 0 Å². The molecule has 0 aliphatic carbocycles. The summed E-state index contributed by atoms with van der Waals surface area (Å²) in [6.07, 6.45) is 4.95. The van der Waals surface area contributed by atoms with Crippen molar-refractivity contribution in [3.63, 3.8) is 0 Å². The monoisotopic (exact) mass is 261 g/mol. The summed E-state index contributed by atoms with van der Waals surface area (Å²) in [4.78, 5) is 1.16. The van der Waals surface area contributed by atoms with Crippen molar-refractivity contribution in [2.24, 2.45) is 12.8 Å². The van der Waals surface area contributed by atoms with Crippen molar-refractivity contribution in [1.29, 1.82) is 0 Å². The summed E-state index contributed by atoms with van der Waals surface area (Å²) < 4.78 is 1.81. The summed E-state index contributed by atoms with van der Waals surface area (Å²) >= 11 is 1.75. The zero-order valence-corrected chi connectivity index (χ0v) is 11.7. The van der Waals surface area contributed by atoms with Gasteiger partial charge in [-0.05, 0) is 17.5 Å². The molecule has 1 aromatic carbocycles. The molecule has 4 heteroatoms. The predicted octanol–water partition coefficient (Wildman–Crippen LogP) is 2.77. The fourth-order valence-corrected chi connectivity index (χ4v) is 2.67. The van der Waals surface area contributed by atoms with Gasteiger partial charge in [-0.2, -0.15) is 5.10 Å². The molecule has 3 nitrogen and oxygen atoms in total. The van der Waals surface area contributed by atoms with Crippen molar-refractivity contribution < 1.29 is 0 Å². The lowest BCUT2D eigenvalue weighted by molar-refractivity contribution is 0.766. The average molecular weight is 261 g/mol. The molecule has 2 rings (SSSR count). The molecular weight excluding hydrogens is 242 g/mol. The zero-order valence-electron chi connectivity index (χ0n) is 10.8. The Morgan fingerprint density at radius 3 is 2.61 bits per heavy atom. The maximum Gasteiger partial charge on any atom is 0.0625 e. The molecule has 2 aromatic rings. The largest absolute Gasteiger partial charge is 0.323 e. The minimum atomic E-state index is 0.0705. The van der Waals surface area contributed by atoms with Gasteiger partial charge >= 0.3 is 0 Å². The first kappa shape index (κ1) is 13.2. The van der Waals surface area contributed by atoms with Gasteiger partial charge in [0.25, 0.3) is 0 Å². The topological polar surface area (TPSA) is 43.8 Å². The standard InChI is InChI=1S/C14H19N3S/c1-3-11-4-6-12(7-5-11)14(15)10-18-13-8-16-17(2)9-13/h4-9,14H,3,10,15H2,1-2H3. The van der Waals surface area contributed by atoms with Gasteiger partial charge in [-0.1, -0.05) is 31.2 Å². The Hall–Kier alpha value is -1.26. The van der Waals surface area contributed by atoms with E-state index in [1.165, 1.54) is 11.1 Å². The van der Waals surface area contributed by atoms with E-state index in [9.17, 15) is 0 Å². The first-order valence-electron chi connectivity index (χ1n) is 6.15. The summed E-state index contributed by atoms with van der Waals surface area (Å²) in [5.41, 5.74) is 8.74. The molecule has 0 spiro atoms. The van der Waals surface area contributed by atoms with Crippen LogP contribution in [0.1, 0.15) is 24.1 Å². The van der Waals surface area contributed by atoms with Crippen LogP contribution >= 0.6 is 11.8 Å². The Labute approximate surface area is 112 Å². The average Bonchev–Trinajstić information content (AvgIpc) is 2.82. The fourth-order valence-electron chi connectivity index (χ4n) is 1.76. The van der Waals surface area contributed by atoms with E-state index in [-0.39, 0.29) is 6.04 Å². The minimum absolute atomic E-state index is 0.0705. The van der Waals surface area contributed by atoms with E-state index in [0.717, 1.165) is 17.1 Å². The van der Waals surface area contributed by atoms with Gasteiger partial charge in [0, 0.05) is 29.9 Å². The Morgan fingerprint density at radius 2 is 2.06 bits per heavy atom. The molecule has 0 aliphatic rings. The molecule has 1 heterocycles. The second-order valence-corrected chi connectivity index (χ2v) is 5.46. The molecule has 0 amide bonds. The van der Waals surface area contributed by atoms with Gasteiger partial charge in [0.15, 0.2) is 0 Å². The van der Waals surface area contributed by atoms with Crippen LogP contribution in [-0.2, 0) is 13.5 Å². The van der Waals surface area contributed by atoms with Crippen LogP contribution in [-0.4, -0.2) is 15.5 Å². The number of benzene rings is 1. The number of aryl methyl sites for hydroxylation is 2. The van der Waals surface area contributed by atoms with E-state index in [2.05, 4.69) is 36.3 Å². The van der Waals surface area contributed by atoms with Crippen LogP contribution < -0.4 is 5.73 Å². The first-order valence-corrected chi connectivity index (χ1v) is 7.13. The highest BCUT2D eigenvalue weighted by atomic mass is 32.2. The lowest BCUT2D eigenvalue weighted by atomic mass is 10.1. The lowest BCUT2D eigenvalue weighted by Crippen LogP contribution is -2.12. The van der Waals surface area contributed by atoms with E-state index < -0.39 is 0 Å². The molecule has 1 atom stereocenters. The smallest absolute Gasteiger partial charge is 0.0625 e. The molecule has 18 heavy (non-hydrogen) atoms. The number of aromatic nitrogens is 2. The third-order valence-corrected chi connectivity index (χ3v) is 4.00. The maximum atomic E-state index is 6.19. The quantitative estimate of drug-likeness (QED) is 0.842. The van der Waals surface area contributed by atoms with E-state index in [4.69, 9.17) is 5.73 Å². The van der Waals surface area contributed by atoms with Gasteiger partial charge in [0.1, 0.15) is 0 Å². The van der Waals surface area contributed by atoms with E-state index in [0.29, 0.717) is 0 Å². The number of hydrogen-bond acceptors (Lipinski definition) is 3. The second kappa shape index (κ2) is 6.07. The summed E-state index contributed by atoms with van der Waals surface area (Å²) in [5.74, 6) is 0.872. The van der Waals surface area contributed by atoms with Crippen LogP contribution in [0.25, 0.3) is 0 Å². The van der Waals surface area contributed by atoms with Crippen molar-refractivity contribution in [1.82, 2.24) is 9.78 Å². The summed E-state index contributed by atoms with van der Waals surface area (Å²) in [6.45, 7) is 2.16. The molecule has 96 valence electrons. The van der Waals surface area contributed by atoms with Crippen molar-refractivity contribution in [2.45, 2.75) is 24.3 Å². The molecule has 1 unspecified atom stereocenters. The summed E-state index contributed by atoms with van der Waals surface area (Å²) in [5, 5.41) is 4.15. The fraction of sp³-hybridized carbons (Fsp3) is 0.357. The highest BCUT2D eigenvalue weighted by molar-refractivity contribution is 7.99. The maximum absolute atomic E-state index is 6.19. The Kier molecular flexibility index (Phi) is 4.44. The Bertz CT molecular complexity index is 490. The highest BCUT2D eigenvalue weighted by Crippen LogP contribution is 2.23. The van der Waals surface area contributed by atoms with Crippen LogP contribution in [0.4, 0.5) is 0 Å². The molecule has 0 fully saturated rings. The summed E-state index contributed by atoms with van der Waals surface area (Å²) in [7, 11) is 1.92. The van der Waals surface area contributed by atoms with E-state index in [1.807, 2.05) is 24.1 Å². The molecule has 1 aromatic heterocycles.